The van der Waals surface area contributed by atoms with E-state index in [0.717, 1.165) is 6.07 Å². The van der Waals surface area contributed by atoms with Gasteiger partial charge >= 0.3 is 10.2 Å². The second-order valence-corrected chi connectivity index (χ2v) is 6.58. The first-order valence-electron chi connectivity index (χ1n) is 5.05. The van der Waals surface area contributed by atoms with Gasteiger partial charge in [-0.2, -0.15) is 0 Å². The molecule has 0 N–H and O–H groups in total. The average molecular weight is 290 g/mol. The van der Waals surface area contributed by atoms with Crippen molar-refractivity contribution in [1.82, 2.24) is 0 Å². The van der Waals surface area contributed by atoms with Crippen LogP contribution in [0.5, 0.6) is 5.75 Å². The molecule has 1 aliphatic heterocycles. The summed E-state index contributed by atoms with van der Waals surface area (Å²) in [5, 5.41) is 0. The topological polar surface area (TPSA) is 18.5 Å². The first-order valence-corrected chi connectivity index (χ1v) is 7.00. The fraction of sp³-hybridized carbons (Fsp3) is 0.400. The van der Waals surface area contributed by atoms with Crippen LogP contribution in [0, 0.1) is 6.92 Å². The summed E-state index contributed by atoms with van der Waals surface area (Å²) in [7, 11) is -9.61. The molecule has 0 radical (unpaired) electrons. The van der Waals surface area contributed by atoms with Gasteiger partial charge in [-0.15, -0.1) is 0 Å². The molecular formula is C10H11F5O2S. The van der Waals surface area contributed by atoms with E-state index in [1.165, 1.54) is 6.92 Å². The summed E-state index contributed by atoms with van der Waals surface area (Å²) in [6, 6.07) is 1.68. The lowest BCUT2D eigenvalue weighted by atomic mass is 10.2. The van der Waals surface area contributed by atoms with Gasteiger partial charge in [-0.1, -0.05) is 19.4 Å². The second kappa shape index (κ2) is 3.30. The van der Waals surface area contributed by atoms with Crippen molar-refractivity contribution in [3.8, 4) is 5.75 Å². The number of hydrogen-bond acceptors (Lipinski definition) is 2. The van der Waals surface area contributed by atoms with E-state index in [-0.39, 0.29) is 17.4 Å². The Balaban J connectivity index is 2.30. The Morgan fingerprint density at radius 1 is 1.17 bits per heavy atom. The molecule has 1 aromatic rings. The molecule has 104 valence electrons. The molecule has 0 amide bonds. The smallest absolute Gasteiger partial charge is 0.310 e. The Kier molecular flexibility index (Phi) is 2.46. The van der Waals surface area contributed by atoms with Crippen LogP contribution >= 0.6 is 10.2 Å². The molecule has 0 saturated carbocycles. The Morgan fingerprint density at radius 2 is 1.78 bits per heavy atom. The van der Waals surface area contributed by atoms with Gasteiger partial charge < -0.3 is 9.47 Å². The molecule has 0 unspecified atom stereocenters. The third-order valence-electron chi connectivity index (χ3n) is 2.49. The maximum Gasteiger partial charge on any atom is 0.310 e. The molecule has 2 nitrogen and oxygen atoms in total. The molecule has 0 bridgehead atoms. The monoisotopic (exact) mass is 290 g/mol. The Morgan fingerprint density at radius 3 is 2.17 bits per heavy atom. The Hall–Kier alpha value is -1.02. The van der Waals surface area contributed by atoms with Crippen molar-refractivity contribution in [2.45, 2.75) is 17.9 Å². The predicted molar refractivity (Wildman–Crippen MR) is 57.8 cm³/mol. The van der Waals surface area contributed by atoms with Crippen LogP contribution in [0.2, 0.25) is 0 Å². The SMILES string of the molecule is Cc1cc(S(F)(F)(F)(F)F)ccc1OC1COC1. The largest absolute Gasteiger partial charge is 0.485 e. The van der Waals surface area contributed by atoms with Gasteiger partial charge in [0.2, 0.25) is 0 Å². The lowest BCUT2D eigenvalue weighted by Crippen LogP contribution is -2.38. The summed E-state index contributed by atoms with van der Waals surface area (Å²) >= 11 is 0. The van der Waals surface area contributed by atoms with Crippen molar-refractivity contribution in [3.63, 3.8) is 0 Å². The molecule has 0 aliphatic carbocycles. The number of hydrogen-bond donors (Lipinski definition) is 0. The van der Waals surface area contributed by atoms with Gasteiger partial charge in [0.1, 0.15) is 16.7 Å². The molecule has 0 atom stereocenters. The quantitative estimate of drug-likeness (QED) is 0.767. The molecule has 0 spiro atoms. The zero-order chi connectivity index (χ0) is 13.7. The maximum absolute atomic E-state index is 12.5. The lowest BCUT2D eigenvalue weighted by molar-refractivity contribution is -0.0799. The molecule has 1 heterocycles. The summed E-state index contributed by atoms with van der Waals surface area (Å²) in [4.78, 5) is -1.90. The zero-order valence-electron chi connectivity index (χ0n) is 9.34. The van der Waals surface area contributed by atoms with Gasteiger partial charge in [-0.3, -0.25) is 0 Å². The zero-order valence-corrected chi connectivity index (χ0v) is 10.2. The van der Waals surface area contributed by atoms with Crippen LogP contribution in [-0.2, 0) is 4.74 Å². The maximum atomic E-state index is 12.5. The number of halogens is 5. The standard InChI is InChI=1S/C10H11F5O2S/c1-7-4-9(18(11,12,13,14)15)2-3-10(7)17-8-5-16-6-8/h2-4,8H,5-6H2,1H3. The van der Waals surface area contributed by atoms with Gasteiger partial charge in [0.25, 0.3) is 0 Å². The summed E-state index contributed by atoms with van der Waals surface area (Å²) in [5.74, 6) is 0.161. The summed E-state index contributed by atoms with van der Waals surface area (Å²) < 4.78 is 72.8. The molecule has 1 aliphatic rings. The molecule has 1 saturated heterocycles. The molecule has 8 heteroatoms. The molecule has 1 fully saturated rings. The van der Waals surface area contributed by atoms with Crippen LogP contribution in [0.3, 0.4) is 0 Å². The minimum atomic E-state index is -9.61. The van der Waals surface area contributed by atoms with Gasteiger partial charge in [-0.25, -0.2) is 0 Å². The highest BCUT2D eigenvalue weighted by Gasteiger charge is 2.65. The minimum absolute atomic E-state index is 0.0210. The number of benzene rings is 1. The van der Waals surface area contributed by atoms with Crippen molar-refractivity contribution < 1.29 is 28.9 Å². The van der Waals surface area contributed by atoms with Crippen molar-refractivity contribution in [2.75, 3.05) is 13.2 Å². The van der Waals surface area contributed by atoms with Crippen LogP contribution in [0.25, 0.3) is 0 Å². The number of aryl methyl sites for hydroxylation is 1. The minimum Gasteiger partial charge on any atom is -0.485 e. The first-order chi connectivity index (χ1) is 7.95. The van der Waals surface area contributed by atoms with Gasteiger partial charge in [0, 0.05) is 0 Å². The van der Waals surface area contributed by atoms with E-state index in [1.54, 1.807) is 0 Å². The normalized spacial score (nSPS) is 20.8. The van der Waals surface area contributed by atoms with Crippen molar-refractivity contribution >= 4 is 10.2 Å². The molecule has 18 heavy (non-hydrogen) atoms. The Bertz CT molecular complexity index is 480. The van der Waals surface area contributed by atoms with E-state index in [9.17, 15) is 19.4 Å². The Labute approximate surface area is 100 Å². The third kappa shape index (κ3) is 2.86. The van der Waals surface area contributed by atoms with E-state index in [4.69, 9.17) is 9.47 Å². The number of ether oxygens (including phenoxy) is 2. The fourth-order valence-electron chi connectivity index (χ4n) is 1.46. The van der Waals surface area contributed by atoms with Crippen molar-refractivity contribution in [2.24, 2.45) is 0 Å². The third-order valence-corrected chi connectivity index (χ3v) is 3.64. The van der Waals surface area contributed by atoms with Crippen LogP contribution in [0.4, 0.5) is 19.4 Å². The van der Waals surface area contributed by atoms with E-state index >= 15 is 0 Å². The van der Waals surface area contributed by atoms with E-state index in [2.05, 4.69) is 0 Å². The average Bonchev–Trinajstić information content (AvgIpc) is 2.09. The summed E-state index contributed by atoms with van der Waals surface area (Å²) in [6.45, 7) is 1.99. The van der Waals surface area contributed by atoms with Crippen LogP contribution in [0.1, 0.15) is 5.56 Å². The molecule has 0 aromatic heterocycles. The van der Waals surface area contributed by atoms with Crippen LogP contribution in [0.15, 0.2) is 23.1 Å². The second-order valence-electron chi connectivity index (χ2n) is 4.17. The fourth-order valence-corrected chi connectivity index (χ4v) is 2.18. The summed E-state index contributed by atoms with van der Waals surface area (Å²) in [5.41, 5.74) is 0.0210. The van der Waals surface area contributed by atoms with Crippen LogP contribution in [-0.4, -0.2) is 19.3 Å². The van der Waals surface area contributed by atoms with Crippen molar-refractivity contribution in [3.05, 3.63) is 23.8 Å². The van der Waals surface area contributed by atoms with Gasteiger partial charge in [-0.05, 0) is 30.7 Å². The summed E-state index contributed by atoms with van der Waals surface area (Å²) in [6.07, 6.45) is -0.227. The van der Waals surface area contributed by atoms with Crippen LogP contribution < -0.4 is 4.74 Å². The highest BCUT2D eigenvalue weighted by atomic mass is 32.5. The molecule has 1 aromatic carbocycles. The van der Waals surface area contributed by atoms with E-state index < -0.39 is 15.1 Å². The molecule has 2 rings (SSSR count). The van der Waals surface area contributed by atoms with E-state index in [1.807, 2.05) is 0 Å². The van der Waals surface area contributed by atoms with Gasteiger partial charge in [0.05, 0.1) is 13.2 Å². The van der Waals surface area contributed by atoms with Crippen molar-refractivity contribution in [1.29, 1.82) is 0 Å². The van der Waals surface area contributed by atoms with E-state index in [0.29, 0.717) is 25.3 Å². The first kappa shape index (κ1) is 13.4. The molecular weight excluding hydrogens is 279 g/mol. The predicted octanol–water partition coefficient (Wildman–Crippen LogP) is 4.43. The lowest BCUT2D eigenvalue weighted by Gasteiger charge is -2.40. The highest BCUT2D eigenvalue weighted by molar-refractivity contribution is 8.45. The number of rotatable bonds is 3. The van der Waals surface area contributed by atoms with Gasteiger partial charge in [0.15, 0.2) is 0 Å². The highest BCUT2D eigenvalue weighted by Crippen LogP contribution is 3.02.